The molecule has 2 aromatic rings. The first-order valence-electron chi connectivity index (χ1n) is 3.91. The van der Waals surface area contributed by atoms with Gasteiger partial charge in [-0.15, -0.1) is 0 Å². The summed E-state index contributed by atoms with van der Waals surface area (Å²) in [6, 6.07) is 1.93. The number of H-pyrrole nitrogens is 2. The van der Waals surface area contributed by atoms with E-state index in [0.29, 0.717) is 5.15 Å². The molecule has 2 N–H and O–H groups in total. The van der Waals surface area contributed by atoms with Crippen molar-refractivity contribution in [1.82, 2.24) is 20.4 Å². The van der Waals surface area contributed by atoms with Crippen molar-refractivity contribution in [3.05, 3.63) is 22.6 Å². The highest BCUT2D eigenvalue weighted by molar-refractivity contribution is 6.32. The third-order valence-electron chi connectivity index (χ3n) is 1.87. The van der Waals surface area contributed by atoms with Gasteiger partial charge in [0, 0.05) is 11.4 Å². The Labute approximate surface area is 80.3 Å². The first-order chi connectivity index (χ1) is 6.18. The van der Waals surface area contributed by atoms with Gasteiger partial charge in [-0.05, 0) is 19.9 Å². The minimum atomic E-state index is 0.462. The van der Waals surface area contributed by atoms with Crippen LogP contribution in [0.25, 0.3) is 11.3 Å². The van der Waals surface area contributed by atoms with Gasteiger partial charge in [0.15, 0.2) is 5.15 Å². The maximum atomic E-state index is 5.89. The lowest BCUT2D eigenvalue weighted by molar-refractivity contribution is 1.04. The minimum Gasteiger partial charge on any atom is -0.282 e. The maximum Gasteiger partial charge on any atom is 0.160 e. The fourth-order valence-corrected chi connectivity index (χ4v) is 1.52. The van der Waals surface area contributed by atoms with Crippen LogP contribution in [0.15, 0.2) is 6.07 Å². The monoisotopic (exact) mass is 196 g/mol. The Kier molecular flexibility index (Phi) is 1.84. The Hall–Kier alpha value is -1.29. The van der Waals surface area contributed by atoms with E-state index in [2.05, 4.69) is 20.4 Å². The van der Waals surface area contributed by atoms with Crippen molar-refractivity contribution < 1.29 is 0 Å². The van der Waals surface area contributed by atoms with E-state index in [1.807, 2.05) is 19.9 Å². The summed E-state index contributed by atoms with van der Waals surface area (Å²) in [6.07, 6.45) is 0. The van der Waals surface area contributed by atoms with Gasteiger partial charge in [-0.1, -0.05) is 11.6 Å². The normalized spacial score (nSPS) is 10.7. The number of aromatic nitrogens is 4. The van der Waals surface area contributed by atoms with Crippen LogP contribution in [0.2, 0.25) is 5.15 Å². The van der Waals surface area contributed by atoms with Gasteiger partial charge >= 0.3 is 0 Å². The molecular weight excluding hydrogens is 188 g/mol. The largest absolute Gasteiger partial charge is 0.282 e. The number of halogens is 1. The van der Waals surface area contributed by atoms with Gasteiger partial charge in [0.2, 0.25) is 0 Å². The first kappa shape index (κ1) is 8.31. The highest BCUT2D eigenvalue weighted by atomic mass is 35.5. The van der Waals surface area contributed by atoms with Crippen LogP contribution in [0.1, 0.15) is 11.4 Å². The molecule has 0 saturated carbocycles. The molecule has 13 heavy (non-hydrogen) atoms. The van der Waals surface area contributed by atoms with Crippen molar-refractivity contribution in [2.45, 2.75) is 13.8 Å². The molecule has 0 radical (unpaired) electrons. The Balaban J connectivity index is 2.57. The van der Waals surface area contributed by atoms with Crippen LogP contribution in [0.5, 0.6) is 0 Å². The fraction of sp³-hybridized carbons (Fsp3) is 0.250. The summed E-state index contributed by atoms with van der Waals surface area (Å²) in [5, 5.41) is 14.1. The van der Waals surface area contributed by atoms with Crippen LogP contribution in [0.3, 0.4) is 0 Å². The zero-order chi connectivity index (χ0) is 9.42. The second-order valence-corrected chi connectivity index (χ2v) is 3.31. The molecule has 0 amide bonds. The highest BCUT2D eigenvalue weighted by Gasteiger charge is 2.12. The molecule has 2 heterocycles. The molecule has 68 valence electrons. The van der Waals surface area contributed by atoms with Crippen LogP contribution in [0, 0.1) is 13.8 Å². The van der Waals surface area contributed by atoms with Crippen LogP contribution >= 0.6 is 11.6 Å². The topological polar surface area (TPSA) is 57.4 Å². The van der Waals surface area contributed by atoms with E-state index in [-0.39, 0.29) is 0 Å². The summed E-state index contributed by atoms with van der Waals surface area (Å²) in [5.74, 6) is 0. The van der Waals surface area contributed by atoms with E-state index in [9.17, 15) is 0 Å². The van der Waals surface area contributed by atoms with Crippen LogP contribution in [0.4, 0.5) is 0 Å². The minimum absolute atomic E-state index is 0.462. The molecule has 4 nitrogen and oxygen atoms in total. The predicted molar refractivity (Wildman–Crippen MR) is 50.7 cm³/mol. The Morgan fingerprint density at radius 3 is 2.46 bits per heavy atom. The summed E-state index contributed by atoms with van der Waals surface area (Å²) in [5.41, 5.74) is 3.63. The lowest BCUT2D eigenvalue weighted by atomic mass is 10.2. The van der Waals surface area contributed by atoms with Crippen LogP contribution in [-0.2, 0) is 0 Å². The van der Waals surface area contributed by atoms with E-state index in [4.69, 9.17) is 11.6 Å². The molecule has 0 spiro atoms. The van der Waals surface area contributed by atoms with Gasteiger partial charge in [0.1, 0.15) is 0 Å². The zero-order valence-electron chi connectivity index (χ0n) is 7.35. The molecule has 0 aliphatic heterocycles. The number of nitrogens with one attached hydrogen (secondary N) is 2. The first-order valence-corrected chi connectivity index (χ1v) is 4.29. The van der Waals surface area contributed by atoms with Gasteiger partial charge in [0.25, 0.3) is 0 Å². The molecule has 0 atom stereocenters. The zero-order valence-corrected chi connectivity index (χ0v) is 8.11. The lowest BCUT2D eigenvalue weighted by Crippen LogP contribution is -1.79. The average molecular weight is 197 g/mol. The van der Waals surface area contributed by atoms with Crippen molar-refractivity contribution >= 4 is 11.6 Å². The summed E-state index contributed by atoms with van der Waals surface area (Å²) < 4.78 is 0. The maximum absolute atomic E-state index is 5.89. The molecular formula is C8H9ClN4. The molecule has 0 unspecified atom stereocenters. The number of hydrogen-bond acceptors (Lipinski definition) is 2. The van der Waals surface area contributed by atoms with Crippen molar-refractivity contribution in [3.8, 4) is 11.3 Å². The third kappa shape index (κ3) is 1.33. The predicted octanol–water partition coefficient (Wildman–Crippen LogP) is 2.07. The molecule has 0 aliphatic carbocycles. The second kappa shape index (κ2) is 2.88. The Morgan fingerprint density at radius 1 is 1.23 bits per heavy atom. The van der Waals surface area contributed by atoms with E-state index in [0.717, 1.165) is 22.6 Å². The van der Waals surface area contributed by atoms with Gasteiger partial charge in [-0.3, -0.25) is 10.2 Å². The van der Waals surface area contributed by atoms with E-state index in [1.54, 1.807) is 0 Å². The van der Waals surface area contributed by atoms with E-state index >= 15 is 0 Å². The number of nitrogens with zero attached hydrogens (tertiary/aromatic N) is 2. The number of rotatable bonds is 1. The molecule has 0 fully saturated rings. The van der Waals surface area contributed by atoms with Gasteiger partial charge in [0.05, 0.1) is 11.3 Å². The summed E-state index contributed by atoms with van der Waals surface area (Å²) in [4.78, 5) is 0. The van der Waals surface area contributed by atoms with E-state index < -0.39 is 0 Å². The van der Waals surface area contributed by atoms with Crippen LogP contribution in [-0.4, -0.2) is 20.4 Å². The fourth-order valence-electron chi connectivity index (χ4n) is 1.24. The molecule has 2 rings (SSSR count). The molecule has 0 aliphatic rings. The van der Waals surface area contributed by atoms with Crippen molar-refractivity contribution in [2.75, 3.05) is 0 Å². The summed E-state index contributed by atoms with van der Waals surface area (Å²) in [6.45, 7) is 3.86. The average Bonchev–Trinajstić information content (AvgIpc) is 2.60. The third-order valence-corrected chi connectivity index (χ3v) is 2.14. The van der Waals surface area contributed by atoms with Gasteiger partial charge in [-0.25, -0.2) is 0 Å². The van der Waals surface area contributed by atoms with Gasteiger partial charge < -0.3 is 0 Å². The van der Waals surface area contributed by atoms with Crippen molar-refractivity contribution in [1.29, 1.82) is 0 Å². The van der Waals surface area contributed by atoms with Crippen LogP contribution < -0.4 is 0 Å². The Bertz CT molecular complexity index is 410. The smallest absolute Gasteiger partial charge is 0.160 e. The SMILES string of the molecule is Cc1cc(-c2c(Cl)n[nH]c2C)n[nH]1. The van der Waals surface area contributed by atoms with Crippen molar-refractivity contribution in [3.63, 3.8) is 0 Å². The molecule has 0 bridgehead atoms. The second-order valence-electron chi connectivity index (χ2n) is 2.95. The standard InChI is InChI=1S/C8H9ClN4/c1-4-3-6(12-10-4)7-5(2)11-13-8(7)9/h3H,1-2H3,(H,10,12)(H,11,13). The lowest BCUT2D eigenvalue weighted by Gasteiger charge is -1.91. The number of aromatic amines is 2. The van der Waals surface area contributed by atoms with E-state index in [1.165, 1.54) is 0 Å². The molecule has 0 saturated heterocycles. The van der Waals surface area contributed by atoms with Crippen molar-refractivity contribution in [2.24, 2.45) is 0 Å². The number of hydrogen-bond donors (Lipinski definition) is 2. The number of aryl methyl sites for hydroxylation is 2. The molecule has 5 heteroatoms. The highest BCUT2D eigenvalue weighted by Crippen LogP contribution is 2.27. The molecule has 0 aromatic carbocycles. The Morgan fingerprint density at radius 2 is 2.00 bits per heavy atom. The quantitative estimate of drug-likeness (QED) is 0.734. The molecule has 2 aromatic heterocycles. The summed E-state index contributed by atoms with van der Waals surface area (Å²) >= 11 is 5.89. The summed E-state index contributed by atoms with van der Waals surface area (Å²) in [7, 11) is 0. The van der Waals surface area contributed by atoms with Gasteiger partial charge in [-0.2, -0.15) is 10.2 Å².